The van der Waals surface area contributed by atoms with Gasteiger partial charge in [0, 0.05) is 11.6 Å². The van der Waals surface area contributed by atoms with E-state index in [1.54, 1.807) is 43.3 Å². The summed E-state index contributed by atoms with van der Waals surface area (Å²) in [6, 6.07) is 13.7. The summed E-state index contributed by atoms with van der Waals surface area (Å²) in [5, 5.41) is 11.0. The molecule has 100 valence electrons. The van der Waals surface area contributed by atoms with Gasteiger partial charge in [0.1, 0.15) is 0 Å². The van der Waals surface area contributed by atoms with Crippen LogP contribution in [0.2, 0.25) is 0 Å². The first kappa shape index (κ1) is 13.7. The van der Waals surface area contributed by atoms with Crippen molar-refractivity contribution in [3.05, 3.63) is 81.4 Å². The Hall–Kier alpha value is -2.75. The average molecular weight is 267 g/mol. The van der Waals surface area contributed by atoms with Crippen LogP contribution in [0.4, 0.5) is 5.69 Å². The second kappa shape index (κ2) is 5.93. The van der Waals surface area contributed by atoms with Crippen molar-refractivity contribution in [2.24, 2.45) is 0 Å². The fraction of sp³-hybridized carbons (Fsp3) is 0.0625. The monoisotopic (exact) mass is 267 g/mol. The highest BCUT2D eigenvalue weighted by molar-refractivity contribution is 6.06. The minimum absolute atomic E-state index is 0.00196. The number of ketones is 1. The van der Waals surface area contributed by atoms with Crippen LogP contribution in [-0.2, 0) is 0 Å². The van der Waals surface area contributed by atoms with Crippen LogP contribution < -0.4 is 0 Å². The predicted octanol–water partition coefficient (Wildman–Crippen LogP) is 3.80. The molecule has 0 spiro atoms. The summed E-state index contributed by atoms with van der Waals surface area (Å²) in [6.45, 7) is 1.79. The van der Waals surface area contributed by atoms with Crippen molar-refractivity contribution in [3.63, 3.8) is 0 Å². The van der Waals surface area contributed by atoms with Crippen LogP contribution in [0, 0.1) is 17.0 Å². The molecule has 0 radical (unpaired) electrons. The maximum absolute atomic E-state index is 11.9. The Labute approximate surface area is 116 Å². The molecule has 0 saturated carbocycles. The fourth-order valence-electron chi connectivity index (χ4n) is 1.82. The normalized spacial score (nSPS) is 10.7. The van der Waals surface area contributed by atoms with Gasteiger partial charge in [-0.2, -0.15) is 0 Å². The number of aryl methyl sites for hydroxylation is 1. The molecule has 0 aromatic heterocycles. The largest absolute Gasteiger partial charge is 0.289 e. The molecule has 0 N–H and O–H groups in total. The molecule has 0 atom stereocenters. The third kappa shape index (κ3) is 3.17. The number of benzene rings is 2. The van der Waals surface area contributed by atoms with E-state index < -0.39 is 4.92 Å². The van der Waals surface area contributed by atoms with E-state index in [2.05, 4.69) is 0 Å². The Kier molecular flexibility index (Phi) is 4.05. The highest BCUT2D eigenvalue weighted by Gasteiger charge is 2.11. The summed E-state index contributed by atoms with van der Waals surface area (Å²) in [7, 11) is 0. The van der Waals surface area contributed by atoms with E-state index in [9.17, 15) is 14.9 Å². The number of hydrogen-bond donors (Lipinski definition) is 0. The Morgan fingerprint density at radius 2 is 1.85 bits per heavy atom. The van der Waals surface area contributed by atoms with Crippen molar-refractivity contribution in [3.8, 4) is 0 Å². The quantitative estimate of drug-likeness (QED) is 0.366. The van der Waals surface area contributed by atoms with E-state index in [1.165, 1.54) is 18.2 Å². The molecule has 0 aliphatic heterocycles. The zero-order valence-electron chi connectivity index (χ0n) is 10.9. The second-order valence-electron chi connectivity index (χ2n) is 4.38. The van der Waals surface area contributed by atoms with Crippen molar-refractivity contribution in [2.75, 3.05) is 0 Å². The van der Waals surface area contributed by atoms with E-state index in [0.29, 0.717) is 11.1 Å². The van der Waals surface area contributed by atoms with Gasteiger partial charge in [-0.15, -0.1) is 0 Å². The van der Waals surface area contributed by atoms with Crippen molar-refractivity contribution >= 4 is 17.5 Å². The van der Waals surface area contributed by atoms with Crippen molar-refractivity contribution < 1.29 is 9.72 Å². The Balaban J connectivity index is 2.28. The molecule has 2 rings (SSSR count). The van der Waals surface area contributed by atoms with Crippen LogP contribution >= 0.6 is 0 Å². The summed E-state index contributed by atoms with van der Waals surface area (Å²) in [5.41, 5.74) is 1.79. The Morgan fingerprint density at radius 3 is 2.50 bits per heavy atom. The van der Waals surface area contributed by atoms with Gasteiger partial charge in [-0.1, -0.05) is 36.4 Å². The third-order valence-corrected chi connectivity index (χ3v) is 2.86. The maximum Gasteiger partial charge on any atom is 0.276 e. The lowest BCUT2D eigenvalue weighted by atomic mass is 10.1. The van der Waals surface area contributed by atoms with E-state index in [-0.39, 0.29) is 11.5 Å². The molecule has 0 unspecified atom stereocenters. The number of rotatable bonds is 4. The summed E-state index contributed by atoms with van der Waals surface area (Å²) >= 11 is 0. The highest BCUT2D eigenvalue weighted by atomic mass is 16.6. The average Bonchev–Trinajstić information content (AvgIpc) is 2.46. The molecule has 4 nitrogen and oxygen atoms in total. The number of nitro groups is 1. The zero-order chi connectivity index (χ0) is 14.5. The van der Waals surface area contributed by atoms with Crippen molar-refractivity contribution in [2.45, 2.75) is 6.92 Å². The second-order valence-corrected chi connectivity index (χ2v) is 4.38. The van der Waals surface area contributed by atoms with E-state index in [0.717, 1.165) is 5.56 Å². The smallest absolute Gasteiger partial charge is 0.276 e. The van der Waals surface area contributed by atoms with Crippen molar-refractivity contribution in [1.29, 1.82) is 0 Å². The molecule has 0 heterocycles. The SMILES string of the molecule is Cc1ccc(/C=C/C(=O)c2ccccc2)c([N+](=O)[O-])c1. The molecule has 0 aliphatic carbocycles. The highest BCUT2D eigenvalue weighted by Crippen LogP contribution is 2.21. The van der Waals surface area contributed by atoms with E-state index in [4.69, 9.17) is 0 Å². The molecule has 0 fully saturated rings. The van der Waals surface area contributed by atoms with Gasteiger partial charge in [-0.05, 0) is 30.7 Å². The van der Waals surface area contributed by atoms with Crippen LogP contribution in [0.1, 0.15) is 21.5 Å². The van der Waals surface area contributed by atoms with E-state index in [1.807, 2.05) is 6.07 Å². The van der Waals surface area contributed by atoms with Gasteiger partial charge in [0.05, 0.1) is 10.5 Å². The minimum Gasteiger partial charge on any atom is -0.289 e. The van der Waals surface area contributed by atoms with Crippen LogP contribution in [0.15, 0.2) is 54.6 Å². The first-order chi connectivity index (χ1) is 9.58. The number of carbonyl (C=O) groups is 1. The Morgan fingerprint density at radius 1 is 1.15 bits per heavy atom. The zero-order valence-corrected chi connectivity index (χ0v) is 10.9. The molecule has 0 aliphatic rings. The first-order valence-corrected chi connectivity index (χ1v) is 6.10. The molecule has 2 aromatic carbocycles. The summed E-state index contributed by atoms with van der Waals surface area (Å²) in [5.74, 6) is -0.180. The molecule has 0 amide bonds. The number of allylic oxidation sites excluding steroid dienone is 1. The topological polar surface area (TPSA) is 60.2 Å². The van der Waals surface area contributed by atoms with Crippen LogP contribution in [0.3, 0.4) is 0 Å². The summed E-state index contributed by atoms with van der Waals surface area (Å²) in [4.78, 5) is 22.4. The molecule has 0 bridgehead atoms. The van der Waals surface area contributed by atoms with Gasteiger partial charge in [-0.25, -0.2) is 0 Å². The third-order valence-electron chi connectivity index (χ3n) is 2.86. The van der Waals surface area contributed by atoms with E-state index >= 15 is 0 Å². The summed E-state index contributed by atoms with van der Waals surface area (Å²) in [6.07, 6.45) is 2.83. The van der Waals surface area contributed by atoms with Crippen LogP contribution in [-0.4, -0.2) is 10.7 Å². The predicted molar refractivity (Wildman–Crippen MR) is 77.6 cm³/mol. The first-order valence-electron chi connectivity index (χ1n) is 6.10. The molecule has 0 saturated heterocycles. The molecular weight excluding hydrogens is 254 g/mol. The van der Waals surface area contributed by atoms with Gasteiger partial charge < -0.3 is 0 Å². The Bertz CT molecular complexity index is 675. The van der Waals surface area contributed by atoms with Gasteiger partial charge >= 0.3 is 0 Å². The lowest BCUT2D eigenvalue weighted by Crippen LogP contribution is -1.95. The fourth-order valence-corrected chi connectivity index (χ4v) is 1.82. The number of carbonyl (C=O) groups excluding carboxylic acids is 1. The number of nitro benzene ring substituents is 1. The molecule has 4 heteroatoms. The van der Waals surface area contributed by atoms with Gasteiger partial charge in [-0.3, -0.25) is 14.9 Å². The number of hydrogen-bond acceptors (Lipinski definition) is 3. The minimum atomic E-state index is -0.445. The maximum atomic E-state index is 11.9. The molecule has 2 aromatic rings. The number of nitrogens with zero attached hydrogens (tertiary/aromatic N) is 1. The van der Waals surface area contributed by atoms with Gasteiger partial charge in [0.2, 0.25) is 0 Å². The van der Waals surface area contributed by atoms with Gasteiger partial charge in [0.25, 0.3) is 5.69 Å². The van der Waals surface area contributed by atoms with Crippen molar-refractivity contribution in [1.82, 2.24) is 0 Å². The van der Waals surface area contributed by atoms with Crippen LogP contribution in [0.25, 0.3) is 6.08 Å². The lowest BCUT2D eigenvalue weighted by molar-refractivity contribution is -0.385. The standard InChI is InChI=1S/C16H13NO3/c1-12-7-8-13(15(11-12)17(19)20)9-10-16(18)14-5-3-2-4-6-14/h2-11H,1H3/b10-9+. The lowest BCUT2D eigenvalue weighted by Gasteiger charge is -1.99. The molecule has 20 heavy (non-hydrogen) atoms. The summed E-state index contributed by atoms with van der Waals surface area (Å²) < 4.78 is 0. The van der Waals surface area contributed by atoms with Crippen LogP contribution in [0.5, 0.6) is 0 Å². The van der Waals surface area contributed by atoms with Gasteiger partial charge in [0.15, 0.2) is 5.78 Å². The molecular formula is C16H13NO3.